The fourth-order valence-corrected chi connectivity index (χ4v) is 6.09. The van der Waals surface area contributed by atoms with E-state index in [0.717, 1.165) is 42.4 Å². The van der Waals surface area contributed by atoms with E-state index >= 15 is 0 Å². The third kappa shape index (κ3) is 4.97. The summed E-state index contributed by atoms with van der Waals surface area (Å²) in [4.78, 5) is 0. The van der Waals surface area contributed by atoms with Gasteiger partial charge >= 0.3 is 0 Å². The summed E-state index contributed by atoms with van der Waals surface area (Å²) in [7, 11) is 0. The molecule has 0 atom stereocenters. The Morgan fingerprint density at radius 1 is 0.609 bits per heavy atom. The minimum atomic E-state index is -0.231. The number of rotatable bonds is 5. The van der Waals surface area contributed by atoms with Crippen LogP contribution in [0, 0.1) is 29.6 Å². The SMILES string of the molecule is CCCCC1CCC(C2CCC(C3CCC([O])CC3)CC2)CC1. The lowest BCUT2D eigenvalue weighted by atomic mass is 9.65. The smallest absolute Gasteiger partial charge is 0.0930 e. The van der Waals surface area contributed by atoms with Crippen LogP contribution in [-0.2, 0) is 5.11 Å². The monoisotopic (exact) mass is 319 g/mol. The molecule has 0 unspecified atom stereocenters. The van der Waals surface area contributed by atoms with Gasteiger partial charge in [0.05, 0.1) is 6.10 Å². The highest BCUT2D eigenvalue weighted by molar-refractivity contribution is 4.85. The van der Waals surface area contributed by atoms with Crippen molar-refractivity contribution in [2.24, 2.45) is 29.6 Å². The summed E-state index contributed by atoms with van der Waals surface area (Å²) >= 11 is 0. The Kier molecular flexibility index (Phi) is 6.86. The summed E-state index contributed by atoms with van der Waals surface area (Å²) in [5.74, 6) is 5.05. The Bertz CT molecular complexity index is 315. The highest BCUT2D eigenvalue weighted by Crippen LogP contribution is 2.45. The molecule has 0 aromatic rings. The molecule has 0 N–H and O–H groups in total. The van der Waals surface area contributed by atoms with Gasteiger partial charge in [0, 0.05) is 0 Å². The van der Waals surface area contributed by atoms with E-state index in [2.05, 4.69) is 6.92 Å². The van der Waals surface area contributed by atoms with Crippen LogP contribution in [0.3, 0.4) is 0 Å². The molecule has 3 rings (SSSR count). The van der Waals surface area contributed by atoms with Crippen LogP contribution in [0.25, 0.3) is 0 Å². The molecule has 23 heavy (non-hydrogen) atoms. The van der Waals surface area contributed by atoms with Gasteiger partial charge in [-0.05, 0) is 93.8 Å². The highest BCUT2D eigenvalue weighted by atomic mass is 16.3. The summed E-state index contributed by atoms with van der Waals surface area (Å²) in [6.07, 6.45) is 20.6. The van der Waals surface area contributed by atoms with E-state index in [-0.39, 0.29) is 6.10 Å². The summed E-state index contributed by atoms with van der Waals surface area (Å²) in [6, 6.07) is 0. The maximum absolute atomic E-state index is 11.5. The van der Waals surface area contributed by atoms with Gasteiger partial charge in [-0.3, -0.25) is 0 Å². The molecule has 1 radical (unpaired) electrons. The molecule has 0 bridgehead atoms. The Morgan fingerprint density at radius 3 is 1.43 bits per heavy atom. The quantitative estimate of drug-likeness (QED) is 0.532. The first-order valence-corrected chi connectivity index (χ1v) is 10.9. The van der Waals surface area contributed by atoms with E-state index in [1.54, 1.807) is 0 Å². The standard InChI is InChI=1S/C22H39O/c1-2-3-4-17-5-7-18(8-6-17)19-9-11-20(12-10-19)21-13-15-22(23)16-14-21/h17-22H,2-16H2,1H3. The maximum atomic E-state index is 11.5. The van der Waals surface area contributed by atoms with E-state index in [0.29, 0.717) is 0 Å². The molecule has 3 fully saturated rings. The van der Waals surface area contributed by atoms with Crippen LogP contribution in [-0.4, -0.2) is 6.10 Å². The molecule has 1 nitrogen and oxygen atoms in total. The fourth-order valence-electron chi connectivity index (χ4n) is 6.09. The Morgan fingerprint density at radius 2 is 1.00 bits per heavy atom. The van der Waals surface area contributed by atoms with Gasteiger partial charge in [-0.15, -0.1) is 0 Å². The van der Waals surface area contributed by atoms with Crippen molar-refractivity contribution in [1.29, 1.82) is 0 Å². The number of unbranched alkanes of at least 4 members (excludes halogenated alkanes) is 1. The molecule has 1 heteroatoms. The van der Waals surface area contributed by atoms with Gasteiger partial charge in [-0.1, -0.05) is 39.0 Å². The minimum absolute atomic E-state index is 0.231. The van der Waals surface area contributed by atoms with Crippen molar-refractivity contribution in [2.75, 3.05) is 0 Å². The van der Waals surface area contributed by atoms with Crippen molar-refractivity contribution in [3.63, 3.8) is 0 Å². The molecule has 0 aromatic carbocycles. The Hall–Kier alpha value is -0.0400. The first-order valence-electron chi connectivity index (χ1n) is 10.9. The summed E-state index contributed by atoms with van der Waals surface area (Å²) in [5, 5.41) is 11.5. The zero-order chi connectivity index (χ0) is 16.1. The first kappa shape index (κ1) is 17.8. The van der Waals surface area contributed by atoms with Gasteiger partial charge in [0.2, 0.25) is 0 Å². The lowest BCUT2D eigenvalue weighted by molar-refractivity contribution is 0.0236. The van der Waals surface area contributed by atoms with E-state index in [9.17, 15) is 5.11 Å². The summed E-state index contributed by atoms with van der Waals surface area (Å²) < 4.78 is 0. The lowest BCUT2D eigenvalue weighted by Gasteiger charge is -2.41. The third-order valence-corrected chi connectivity index (χ3v) is 7.73. The normalized spacial score (nSPS) is 42.5. The molecule has 0 aliphatic heterocycles. The molecule has 3 aliphatic rings. The predicted octanol–water partition coefficient (Wildman–Crippen LogP) is 6.78. The Labute approximate surface area is 144 Å². The largest absolute Gasteiger partial charge is 0.233 e. The molecule has 3 saturated carbocycles. The zero-order valence-corrected chi connectivity index (χ0v) is 15.5. The molecule has 0 heterocycles. The first-order chi connectivity index (χ1) is 11.3. The number of hydrogen-bond donors (Lipinski definition) is 0. The molecule has 0 spiro atoms. The second-order valence-corrected chi connectivity index (χ2v) is 9.13. The number of hydrogen-bond acceptors (Lipinski definition) is 0. The van der Waals surface area contributed by atoms with E-state index in [1.807, 2.05) is 0 Å². The minimum Gasteiger partial charge on any atom is -0.233 e. The van der Waals surface area contributed by atoms with Crippen molar-refractivity contribution in [2.45, 2.75) is 109 Å². The predicted molar refractivity (Wildman–Crippen MR) is 96.9 cm³/mol. The molecule has 133 valence electrons. The fraction of sp³-hybridized carbons (Fsp3) is 1.00. The van der Waals surface area contributed by atoms with Crippen LogP contribution in [0.2, 0.25) is 0 Å². The lowest BCUT2D eigenvalue weighted by Crippen LogP contribution is -2.30. The van der Waals surface area contributed by atoms with Crippen molar-refractivity contribution in [3.05, 3.63) is 0 Å². The van der Waals surface area contributed by atoms with E-state index in [1.165, 1.54) is 83.5 Å². The van der Waals surface area contributed by atoms with Crippen molar-refractivity contribution < 1.29 is 5.11 Å². The van der Waals surface area contributed by atoms with E-state index < -0.39 is 0 Å². The molecular weight excluding hydrogens is 280 g/mol. The Balaban J connectivity index is 1.36. The molecule has 0 aromatic heterocycles. The topological polar surface area (TPSA) is 19.9 Å². The second kappa shape index (κ2) is 8.88. The molecule has 0 amide bonds. The van der Waals surface area contributed by atoms with Gasteiger partial charge in [0.25, 0.3) is 0 Å². The second-order valence-electron chi connectivity index (χ2n) is 9.13. The zero-order valence-electron chi connectivity index (χ0n) is 15.5. The van der Waals surface area contributed by atoms with Gasteiger partial charge in [-0.25, -0.2) is 5.11 Å². The van der Waals surface area contributed by atoms with Crippen molar-refractivity contribution in [3.8, 4) is 0 Å². The van der Waals surface area contributed by atoms with Crippen LogP contribution in [0.4, 0.5) is 0 Å². The van der Waals surface area contributed by atoms with Gasteiger partial charge in [0.1, 0.15) is 0 Å². The average Bonchev–Trinajstić information content (AvgIpc) is 2.61. The van der Waals surface area contributed by atoms with Gasteiger partial charge in [-0.2, -0.15) is 0 Å². The van der Waals surface area contributed by atoms with Crippen LogP contribution < -0.4 is 0 Å². The van der Waals surface area contributed by atoms with Crippen LogP contribution in [0.1, 0.15) is 103 Å². The molecule has 3 aliphatic carbocycles. The van der Waals surface area contributed by atoms with Crippen LogP contribution in [0.15, 0.2) is 0 Å². The van der Waals surface area contributed by atoms with Gasteiger partial charge < -0.3 is 0 Å². The maximum Gasteiger partial charge on any atom is 0.0930 e. The van der Waals surface area contributed by atoms with Crippen LogP contribution >= 0.6 is 0 Å². The summed E-state index contributed by atoms with van der Waals surface area (Å²) in [5.41, 5.74) is 0. The van der Waals surface area contributed by atoms with Crippen LogP contribution in [0.5, 0.6) is 0 Å². The van der Waals surface area contributed by atoms with Crippen molar-refractivity contribution in [1.82, 2.24) is 0 Å². The molecule has 0 saturated heterocycles. The van der Waals surface area contributed by atoms with Gasteiger partial charge in [0.15, 0.2) is 0 Å². The average molecular weight is 320 g/mol. The van der Waals surface area contributed by atoms with E-state index in [4.69, 9.17) is 0 Å². The molecular formula is C22H39O. The summed E-state index contributed by atoms with van der Waals surface area (Å²) in [6.45, 7) is 2.33. The highest BCUT2D eigenvalue weighted by Gasteiger charge is 2.34. The third-order valence-electron chi connectivity index (χ3n) is 7.73. The van der Waals surface area contributed by atoms with Crippen molar-refractivity contribution >= 4 is 0 Å².